The summed E-state index contributed by atoms with van der Waals surface area (Å²) < 4.78 is 43.3. The quantitative estimate of drug-likeness (QED) is 0.884. The lowest BCUT2D eigenvalue weighted by molar-refractivity contribution is -0.141. The van der Waals surface area contributed by atoms with Gasteiger partial charge < -0.3 is 14.7 Å². The minimum absolute atomic E-state index is 0.0401. The third kappa shape index (κ3) is 2.84. The highest BCUT2D eigenvalue weighted by molar-refractivity contribution is 5.55. The first-order valence-corrected chi connectivity index (χ1v) is 5.91. The van der Waals surface area contributed by atoms with E-state index in [-0.39, 0.29) is 31.1 Å². The fourth-order valence-corrected chi connectivity index (χ4v) is 2.00. The van der Waals surface area contributed by atoms with E-state index in [0.717, 1.165) is 12.1 Å². The van der Waals surface area contributed by atoms with Gasteiger partial charge in [0.1, 0.15) is 17.6 Å². The molecular weight excluding hydrogens is 275 g/mol. The molecule has 1 aliphatic heterocycles. The molecule has 1 fully saturated rings. The molecule has 0 aromatic carbocycles. The Hall–Kier alpha value is -1.85. The Kier molecular flexibility index (Phi) is 4.11. The van der Waals surface area contributed by atoms with Gasteiger partial charge in [0.25, 0.3) is 0 Å². The van der Waals surface area contributed by atoms with Crippen LogP contribution in [0.15, 0.2) is 12.1 Å². The summed E-state index contributed by atoms with van der Waals surface area (Å²) >= 11 is 0. The second-order valence-electron chi connectivity index (χ2n) is 4.28. The van der Waals surface area contributed by atoms with Gasteiger partial charge in [-0.25, -0.2) is 4.98 Å². The molecule has 0 radical (unpaired) electrons. The van der Waals surface area contributed by atoms with Gasteiger partial charge in [-0.3, -0.25) is 0 Å². The normalized spacial score (nSPS) is 19.8. The smallest absolute Gasteiger partial charge is 0.394 e. The van der Waals surface area contributed by atoms with Crippen LogP contribution in [0.5, 0.6) is 0 Å². The molecule has 0 amide bonds. The van der Waals surface area contributed by atoms with Crippen LogP contribution in [0, 0.1) is 11.3 Å². The number of aromatic nitrogens is 1. The summed E-state index contributed by atoms with van der Waals surface area (Å²) in [5.74, 6) is -0.0651. The Balaban J connectivity index is 2.45. The number of hydrogen-bond donors (Lipinski definition) is 1. The number of pyridine rings is 1. The van der Waals surface area contributed by atoms with E-state index < -0.39 is 17.9 Å². The number of hydrogen-bond acceptors (Lipinski definition) is 5. The lowest BCUT2D eigenvalue weighted by Gasteiger charge is -2.36. The number of aliphatic hydroxyl groups is 1. The predicted octanol–water partition coefficient (Wildman–Crippen LogP) is 1.17. The molecule has 0 bridgehead atoms. The minimum atomic E-state index is -4.58. The van der Waals surface area contributed by atoms with Gasteiger partial charge in [0.05, 0.1) is 31.4 Å². The number of aliphatic hydroxyl groups excluding tert-OH is 1. The summed E-state index contributed by atoms with van der Waals surface area (Å²) in [4.78, 5) is 5.03. The van der Waals surface area contributed by atoms with Crippen molar-refractivity contribution in [3.63, 3.8) is 0 Å². The first-order valence-electron chi connectivity index (χ1n) is 5.91. The van der Waals surface area contributed by atoms with Crippen molar-refractivity contribution in [1.82, 2.24) is 4.98 Å². The van der Waals surface area contributed by atoms with Gasteiger partial charge in [-0.05, 0) is 12.1 Å². The number of nitrogens with zero attached hydrogens (tertiary/aromatic N) is 3. The molecule has 2 rings (SSSR count). The van der Waals surface area contributed by atoms with E-state index in [4.69, 9.17) is 10.00 Å². The van der Waals surface area contributed by atoms with E-state index in [1.165, 1.54) is 4.90 Å². The molecule has 0 saturated carbocycles. The largest absolute Gasteiger partial charge is 0.433 e. The van der Waals surface area contributed by atoms with Crippen LogP contribution < -0.4 is 4.90 Å². The molecular formula is C12H12F3N3O2. The van der Waals surface area contributed by atoms with Gasteiger partial charge in [0.15, 0.2) is 0 Å². The van der Waals surface area contributed by atoms with Crippen molar-refractivity contribution in [2.24, 2.45) is 0 Å². The number of alkyl halides is 3. The number of ether oxygens (including phenoxy) is 1. The standard InChI is InChI=1S/C12H12F3N3O2/c13-12(14,15)10-2-1-8(5-16)11(17-10)18-3-4-20-7-9(18)6-19/h1-2,9,19H,3-4,6-7H2. The van der Waals surface area contributed by atoms with Crippen LogP contribution in [0.1, 0.15) is 11.3 Å². The van der Waals surface area contributed by atoms with Crippen molar-refractivity contribution in [3.8, 4) is 6.07 Å². The van der Waals surface area contributed by atoms with Gasteiger partial charge in [-0.15, -0.1) is 0 Å². The molecule has 8 heteroatoms. The summed E-state index contributed by atoms with van der Waals surface area (Å²) in [5, 5.41) is 18.3. The molecule has 1 unspecified atom stereocenters. The van der Waals surface area contributed by atoms with Crippen molar-refractivity contribution in [2.75, 3.05) is 31.3 Å². The fraction of sp³-hybridized carbons (Fsp3) is 0.500. The first kappa shape index (κ1) is 14.6. The third-order valence-electron chi connectivity index (χ3n) is 3.00. The number of rotatable bonds is 2. The fourth-order valence-electron chi connectivity index (χ4n) is 2.00. The molecule has 2 heterocycles. The molecule has 0 spiro atoms. The zero-order valence-corrected chi connectivity index (χ0v) is 10.4. The monoisotopic (exact) mass is 287 g/mol. The predicted molar refractivity (Wildman–Crippen MR) is 63.0 cm³/mol. The summed E-state index contributed by atoms with van der Waals surface area (Å²) in [6.07, 6.45) is -4.58. The molecule has 5 nitrogen and oxygen atoms in total. The van der Waals surface area contributed by atoms with Crippen LogP contribution in [-0.2, 0) is 10.9 Å². The Bertz CT molecular complexity index is 528. The Morgan fingerprint density at radius 3 is 2.85 bits per heavy atom. The summed E-state index contributed by atoms with van der Waals surface area (Å²) in [7, 11) is 0. The summed E-state index contributed by atoms with van der Waals surface area (Å²) in [6.45, 7) is 0.468. The van der Waals surface area contributed by atoms with Crippen LogP contribution in [0.3, 0.4) is 0 Å². The summed E-state index contributed by atoms with van der Waals surface area (Å²) in [5.41, 5.74) is -1.02. The number of anilines is 1. The summed E-state index contributed by atoms with van der Waals surface area (Å²) in [6, 6.07) is 3.18. The van der Waals surface area contributed by atoms with E-state index in [1.807, 2.05) is 6.07 Å². The van der Waals surface area contributed by atoms with Gasteiger partial charge in [0, 0.05) is 6.54 Å². The highest BCUT2D eigenvalue weighted by Gasteiger charge is 2.34. The molecule has 1 atom stereocenters. The van der Waals surface area contributed by atoms with Crippen LogP contribution >= 0.6 is 0 Å². The lowest BCUT2D eigenvalue weighted by Crippen LogP contribution is -2.48. The van der Waals surface area contributed by atoms with E-state index >= 15 is 0 Å². The molecule has 1 saturated heterocycles. The number of nitriles is 1. The van der Waals surface area contributed by atoms with Crippen LogP contribution in [0.2, 0.25) is 0 Å². The van der Waals surface area contributed by atoms with Gasteiger partial charge >= 0.3 is 6.18 Å². The van der Waals surface area contributed by atoms with Crippen molar-refractivity contribution >= 4 is 5.82 Å². The molecule has 20 heavy (non-hydrogen) atoms. The Morgan fingerprint density at radius 2 is 2.25 bits per heavy atom. The van der Waals surface area contributed by atoms with E-state index in [9.17, 15) is 18.3 Å². The highest BCUT2D eigenvalue weighted by atomic mass is 19.4. The van der Waals surface area contributed by atoms with E-state index in [0.29, 0.717) is 6.61 Å². The molecule has 1 aliphatic rings. The van der Waals surface area contributed by atoms with Crippen molar-refractivity contribution in [1.29, 1.82) is 5.26 Å². The molecule has 1 aromatic rings. The van der Waals surface area contributed by atoms with Gasteiger partial charge in [0.2, 0.25) is 0 Å². The molecule has 0 aliphatic carbocycles. The van der Waals surface area contributed by atoms with Crippen molar-refractivity contribution < 1.29 is 23.0 Å². The zero-order valence-electron chi connectivity index (χ0n) is 10.4. The van der Waals surface area contributed by atoms with E-state index in [1.54, 1.807) is 0 Å². The van der Waals surface area contributed by atoms with Gasteiger partial charge in [-0.1, -0.05) is 0 Å². The van der Waals surface area contributed by atoms with E-state index in [2.05, 4.69) is 4.98 Å². The Labute approximate surface area is 113 Å². The minimum Gasteiger partial charge on any atom is -0.394 e. The molecule has 1 N–H and O–H groups in total. The average molecular weight is 287 g/mol. The lowest BCUT2D eigenvalue weighted by atomic mass is 10.1. The third-order valence-corrected chi connectivity index (χ3v) is 3.00. The number of halogens is 3. The first-order chi connectivity index (χ1) is 9.47. The second-order valence-corrected chi connectivity index (χ2v) is 4.28. The topological polar surface area (TPSA) is 69.4 Å². The van der Waals surface area contributed by atoms with Crippen LogP contribution in [-0.4, -0.2) is 42.5 Å². The van der Waals surface area contributed by atoms with Crippen molar-refractivity contribution in [3.05, 3.63) is 23.4 Å². The van der Waals surface area contributed by atoms with Crippen LogP contribution in [0.4, 0.5) is 19.0 Å². The maximum atomic E-state index is 12.7. The number of morpholine rings is 1. The maximum absolute atomic E-state index is 12.7. The molecule has 108 valence electrons. The maximum Gasteiger partial charge on any atom is 0.433 e. The molecule has 1 aromatic heterocycles. The zero-order chi connectivity index (χ0) is 14.8. The van der Waals surface area contributed by atoms with Gasteiger partial charge in [-0.2, -0.15) is 18.4 Å². The van der Waals surface area contributed by atoms with Crippen molar-refractivity contribution in [2.45, 2.75) is 12.2 Å². The highest BCUT2D eigenvalue weighted by Crippen LogP contribution is 2.31. The van der Waals surface area contributed by atoms with Crippen LogP contribution in [0.25, 0.3) is 0 Å². The Morgan fingerprint density at radius 1 is 1.50 bits per heavy atom. The SMILES string of the molecule is N#Cc1ccc(C(F)(F)F)nc1N1CCOCC1CO. The second kappa shape index (κ2) is 5.64. The average Bonchev–Trinajstić information content (AvgIpc) is 2.45.